The van der Waals surface area contributed by atoms with E-state index in [-0.39, 0.29) is 11.9 Å². The van der Waals surface area contributed by atoms with Gasteiger partial charge < -0.3 is 14.8 Å². The van der Waals surface area contributed by atoms with Crippen LogP contribution in [0.3, 0.4) is 0 Å². The van der Waals surface area contributed by atoms with Crippen molar-refractivity contribution < 1.29 is 14.3 Å². The van der Waals surface area contributed by atoms with E-state index in [1.165, 1.54) is 0 Å². The summed E-state index contributed by atoms with van der Waals surface area (Å²) in [5, 5.41) is 3.00. The van der Waals surface area contributed by atoms with Crippen molar-refractivity contribution in [2.75, 3.05) is 6.61 Å². The number of hydrogen-bond acceptors (Lipinski definition) is 4. The van der Waals surface area contributed by atoms with Gasteiger partial charge in [-0.3, -0.25) is 9.78 Å². The van der Waals surface area contributed by atoms with Gasteiger partial charge in [0.1, 0.15) is 6.61 Å². The number of rotatable bonds is 8. The summed E-state index contributed by atoms with van der Waals surface area (Å²) in [6.07, 6.45) is 3.46. The van der Waals surface area contributed by atoms with Gasteiger partial charge in [0.15, 0.2) is 11.5 Å². The fourth-order valence-corrected chi connectivity index (χ4v) is 2.13. The molecule has 1 N–H and O–H groups in total. The number of nitrogens with one attached hydrogen (secondary N) is 1. The van der Waals surface area contributed by atoms with Gasteiger partial charge in [0.05, 0.1) is 6.61 Å². The van der Waals surface area contributed by atoms with Crippen molar-refractivity contribution in [3.05, 3.63) is 53.9 Å². The molecule has 1 aromatic heterocycles. The Hall–Kier alpha value is -2.56. The van der Waals surface area contributed by atoms with Crippen molar-refractivity contribution in [3.8, 4) is 11.5 Å². The monoisotopic (exact) mass is 342 g/mol. The third-order valence-corrected chi connectivity index (χ3v) is 4.01. The number of hydrogen-bond donors (Lipinski definition) is 1. The Morgan fingerprint density at radius 2 is 1.80 bits per heavy atom. The van der Waals surface area contributed by atoms with E-state index < -0.39 is 0 Å². The van der Waals surface area contributed by atoms with E-state index in [4.69, 9.17) is 9.47 Å². The molecule has 0 saturated carbocycles. The van der Waals surface area contributed by atoms with Gasteiger partial charge in [-0.1, -0.05) is 13.8 Å². The molecular formula is C20H26N2O3. The highest BCUT2D eigenvalue weighted by atomic mass is 16.5. The quantitative estimate of drug-likeness (QED) is 0.792. The highest BCUT2D eigenvalue weighted by Gasteiger charge is 2.15. The lowest BCUT2D eigenvalue weighted by Gasteiger charge is -2.18. The second-order valence-corrected chi connectivity index (χ2v) is 6.24. The summed E-state index contributed by atoms with van der Waals surface area (Å²) in [6.45, 7) is 8.97. The van der Waals surface area contributed by atoms with Crippen LogP contribution in [0.5, 0.6) is 11.5 Å². The van der Waals surface area contributed by atoms with Gasteiger partial charge in [-0.25, -0.2) is 0 Å². The smallest absolute Gasteiger partial charge is 0.251 e. The molecule has 2 rings (SSSR count). The SMILES string of the molecule is CCOc1cc(C(=O)NC(C)C(C)C)ccc1OCc1ccncc1. The molecule has 2 aromatic rings. The summed E-state index contributed by atoms with van der Waals surface area (Å²) < 4.78 is 11.5. The fraction of sp³-hybridized carbons (Fsp3) is 0.400. The molecule has 1 heterocycles. The number of aromatic nitrogens is 1. The first kappa shape index (κ1) is 18.8. The molecule has 0 spiro atoms. The summed E-state index contributed by atoms with van der Waals surface area (Å²) in [5.41, 5.74) is 1.58. The molecule has 25 heavy (non-hydrogen) atoms. The van der Waals surface area contributed by atoms with Gasteiger partial charge in [-0.2, -0.15) is 0 Å². The van der Waals surface area contributed by atoms with Gasteiger partial charge in [0.25, 0.3) is 5.91 Å². The van der Waals surface area contributed by atoms with Crippen molar-refractivity contribution in [2.24, 2.45) is 5.92 Å². The van der Waals surface area contributed by atoms with Crippen molar-refractivity contribution in [1.29, 1.82) is 0 Å². The Balaban J connectivity index is 2.12. The Labute approximate surface area is 149 Å². The highest BCUT2D eigenvalue weighted by molar-refractivity contribution is 5.95. The molecule has 1 aromatic carbocycles. The number of ether oxygens (including phenoxy) is 2. The molecule has 1 unspecified atom stereocenters. The van der Waals surface area contributed by atoms with Crippen LogP contribution in [0.1, 0.15) is 43.6 Å². The predicted molar refractivity (Wildman–Crippen MR) is 97.9 cm³/mol. The van der Waals surface area contributed by atoms with E-state index in [1.807, 2.05) is 26.0 Å². The molecular weight excluding hydrogens is 316 g/mol. The summed E-state index contributed by atoms with van der Waals surface area (Å²) in [4.78, 5) is 16.4. The molecule has 0 radical (unpaired) electrons. The summed E-state index contributed by atoms with van der Waals surface area (Å²) in [7, 11) is 0. The molecule has 5 nitrogen and oxygen atoms in total. The Morgan fingerprint density at radius 3 is 2.44 bits per heavy atom. The van der Waals surface area contributed by atoms with E-state index >= 15 is 0 Å². The van der Waals surface area contributed by atoms with E-state index in [0.29, 0.717) is 36.2 Å². The number of carbonyl (C=O) groups excluding carboxylic acids is 1. The molecule has 134 valence electrons. The average Bonchev–Trinajstić information content (AvgIpc) is 2.61. The van der Waals surface area contributed by atoms with Crippen LogP contribution in [0.2, 0.25) is 0 Å². The third kappa shape index (κ3) is 5.48. The normalized spacial score (nSPS) is 11.9. The first-order valence-corrected chi connectivity index (χ1v) is 8.60. The first-order valence-electron chi connectivity index (χ1n) is 8.60. The number of benzene rings is 1. The molecule has 0 aliphatic rings. The van der Waals surface area contributed by atoms with Crippen LogP contribution in [0.25, 0.3) is 0 Å². The zero-order chi connectivity index (χ0) is 18.2. The van der Waals surface area contributed by atoms with Crippen molar-refractivity contribution in [1.82, 2.24) is 10.3 Å². The molecule has 1 amide bonds. The minimum atomic E-state index is -0.108. The van der Waals surface area contributed by atoms with Crippen LogP contribution >= 0.6 is 0 Å². The second-order valence-electron chi connectivity index (χ2n) is 6.24. The summed E-state index contributed by atoms with van der Waals surface area (Å²) >= 11 is 0. The van der Waals surface area contributed by atoms with Gasteiger partial charge in [0.2, 0.25) is 0 Å². The number of pyridine rings is 1. The Morgan fingerprint density at radius 1 is 1.08 bits per heavy atom. The van der Waals surface area contributed by atoms with E-state index in [0.717, 1.165) is 5.56 Å². The Kier molecular flexibility index (Phi) is 6.81. The largest absolute Gasteiger partial charge is 0.490 e. The standard InChI is InChI=1S/C20H26N2O3/c1-5-24-19-12-17(20(23)22-15(4)14(2)3)6-7-18(19)25-13-16-8-10-21-11-9-16/h6-12,14-15H,5,13H2,1-4H3,(H,22,23). The predicted octanol–water partition coefficient (Wildman–Crippen LogP) is 3.83. The van der Waals surface area contributed by atoms with Crippen LogP contribution in [0.15, 0.2) is 42.7 Å². The van der Waals surface area contributed by atoms with Crippen molar-refractivity contribution >= 4 is 5.91 Å². The average molecular weight is 342 g/mol. The molecule has 0 aliphatic carbocycles. The van der Waals surface area contributed by atoms with Crippen LogP contribution in [-0.4, -0.2) is 23.5 Å². The van der Waals surface area contributed by atoms with Crippen LogP contribution < -0.4 is 14.8 Å². The Bertz CT molecular complexity index is 687. The van der Waals surface area contributed by atoms with Gasteiger partial charge >= 0.3 is 0 Å². The van der Waals surface area contributed by atoms with Crippen LogP contribution in [0, 0.1) is 5.92 Å². The second kappa shape index (κ2) is 9.06. The maximum atomic E-state index is 12.4. The zero-order valence-corrected chi connectivity index (χ0v) is 15.3. The van der Waals surface area contributed by atoms with Crippen LogP contribution in [-0.2, 0) is 6.61 Å². The molecule has 0 aliphatic heterocycles. The fourth-order valence-electron chi connectivity index (χ4n) is 2.13. The van der Waals surface area contributed by atoms with Gasteiger partial charge in [-0.05, 0) is 55.7 Å². The minimum absolute atomic E-state index is 0.102. The maximum absolute atomic E-state index is 12.4. The lowest BCUT2D eigenvalue weighted by atomic mass is 10.1. The van der Waals surface area contributed by atoms with Gasteiger partial charge in [0, 0.05) is 24.0 Å². The molecule has 0 bridgehead atoms. The number of carbonyl (C=O) groups is 1. The third-order valence-electron chi connectivity index (χ3n) is 4.01. The number of amides is 1. The lowest BCUT2D eigenvalue weighted by molar-refractivity contribution is 0.0930. The maximum Gasteiger partial charge on any atom is 0.251 e. The van der Waals surface area contributed by atoms with Crippen LogP contribution in [0.4, 0.5) is 0 Å². The number of nitrogens with zero attached hydrogens (tertiary/aromatic N) is 1. The zero-order valence-electron chi connectivity index (χ0n) is 15.3. The highest BCUT2D eigenvalue weighted by Crippen LogP contribution is 2.29. The van der Waals surface area contributed by atoms with E-state index in [9.17, 15) is 4.79 Å². The van der Waals surface area contributed by atoms with E-state index in [1.54, 1.807) is 30.6 Å². The first-order chi connectivity index (χ1) is 12.0. The van der Waals surface area contributed by atoms with Crippen molar-refractivity contribution in [3.63, 3.8) is 0 Å². The molecule has 0 saturated heterocycles. The summed E-state index contributed by atoms with van der Waals surface area (Å²) in [5.74, 6) is 1.45. The molecule has 1 atom stereocenters. The van der Waals surface area contributed by atoms with Crippen molar-refractivity contribution in [2.45, 2.75) is 40.3 Å². The summed E-state index contributed by atoms with van der Waals surface area (Å²) in [6, 6.07) is 9.16. The van der Waals surface area contributed by atoms with Gasteiger partial charge in [-0.15, -0.1) is 0 Å². The van der Waals surface area contributed by atoms with E-state index in [2.05, 4.69) is 24.1 Å². The molecule has 0 fully saturated rings. The lowest BCUT2D eigenvalue weighted by Crippen LogP contribution is -2.36. The topological polar surface area (TPSA) is 60.5 Å². The molecule has 5 heteroatoms. The minimum Gasteiger partial charge on any atom is -0.490 e.